The van der Waals surface area contributed by atoms with E-state index in [0.29, 0.717) is 23.5 Å². The minimum Gasteiger partial charge on any atom is -0.357 e. The summed E-state index contributed by atoms with van der Waals surface area (Å²) < 4.78 is 0. The third-order valence-corrected chi connectivity index (χ3v) is 6.73. The average molecular weight is 430 g/mol. The summed E-state index contributed by atoms with van der Waals surface area (Å²) in [6.07, 6.45) is 3.78. The maximum atomic E-state index is 12.7. The molecule has 4 N–H and O–H groups in total. The van der Waals surface area contributed by atoms with Gasteiger partial charge in [-0.2, -0.15) is 0 Å². The van der Waals surface area contributed by atoms with Crippen molar-refractivity contribution in [1.29, 1.82) is 0 Å². The molecule has 0 radical (unpaired) electrons. The van der Waals surface area contributed by atoms with Crippen molar-refractivity contribution in [3.8, 4) is 11.3 Å². The molecule has 1 fully saturated rings. The second-order valence-corrected chi connectivity index (χ2v) is 8.90. The molecule has 4 heterocycles. The molecule has 7 heteroatoms. The Morgan fingerprint density at radius 3 is 2.75 bits per heavy atom. The van der Waals surface area contributed by atoms with E-state index in [2.05, 4.69) is 25.9 Å². The molecule has 0 saturated carbocycles. The van der Waals surface area contributed by atoms with Crippen molar-refractivity contribution in [2.24, 2.45) is 0 Å². The Kier molecular flexibility index (Phi) is 5.06. The van der Waals surface area contributed by atoms with Gasteiger partial charge in [0.25, 0.3) is 11.8 Å². The first-order valence-electron chi connectivity index (χ1n) is 11.0. The fourth-order valence-corrected chi connectivity index (χ4v) is 4.71. The Bertz CT molecular complexity index is 1210. The molecule has 1 aromatic carbocycles. The number of fused-ring (bicyclic) bond motifs is 2. The lowest BCUT2D eigenvalue weighted by molar-refractivity contribution is 0.0915. The van der Waals surface area contributed by atoms with Crippen molar-refractivity contribution < 1.29 is 9.59 Å². The molecule has 1 spiro atoms. The molecule has 5 rings (SSSR count). The number of amides is 2. The van der Waals surface area contributed by atoms with Crippen molar-refractivity contribution in [1.82, 2.24) is 20.6 Å². The van der Waals surface area contributed by atoms with Gasteiger partial charge in [0.2, 0.25) is 0 Å². The average Bonchev–Trinajstić information content (AvgIpc) is 3.27. The number of hydrogen-bond acceptors (Lipinski definition) is 4. The zero-order chi connectivity index (χ0) is 22.3. The van der Waals surface area contributed by atoms with Crippen LogP contribution in [0.3, 0.4) is 0 Å². The van der Waals surface area contributed by atoms with Crippen LogP contribution in [-0.4, -0.2) is 41.4 Å². The van der Waals surface area contributed by atoms with Crippen LogP contribution in [0.5, 0.6) is 0 Å². The monoisotopic (exact) mass is 429 g/mol. The summed E-state index contributed by atoms with van der Waals surface area (Å²) in [5.74, 6) is 0.225. The van der Waals surface area contributed by atoms with Crippen molar-refractivity contribution in [3.63, 3.8) is 0 Å². The zero-order valence-electron chi connectivity index (χ0n) is 18.3. The van der Waals surface area contributed by atoms with Gasteiger partial charge < -0.3 is 20.9 Å². The molecule has 32 heavy (non-hydrogen) atoms. The highest BCUT2D eigenvalue weighted by Crippen LogP contribution is 2.37. The molecule has 3 aromatic rings. The predicted molar refractivity (Wildman–Crippen MR) is 124 cm³/mol. The highest BCUT2D eigenvalue weighted by molar-refractivity contribution is 6.04. The van der Waals surface area contributed by atoms with Gasteiger partial charge in [-0.25, -0.2) is 4.98 Å². The van der Waals surface area contributed by atoms with Crippen LogP contribution in [0.25, 0.3) is 11.3 Å². The lowest BCUT2D eigenvalue weighted by atomic mass is 9.74. The van der Waals surface area contributed by atoms with Crippen molar-refractivity contribution >= 4 is 17.6 Å². The summed E-state index contributed by atoms with van der Waals surface area (Å²) in [6, 6.07) is 11.3. The number of benzene rings is 1. The molecule has 2 aliphatic heterocycles. The molecule has 2 aliphatic rings. The summed E-state index contributed by atoms with van der Waals surface area (Å²) in [7, 11) is 0. The number of nitrogens with zero attached hydrogens (tertiary/aromatic N) is 1. The Morgan fingerprint density at radius 1 is 1.09 bits per heavy atom. The standard InChI is InChI=1S/C25H27N5O2/c1-15-4-5-18(10-16(15)2)23(31)30-21-11-17(6-9-27-21)20-12-19-22(29-20)25(14-28-24(19)32)7-3-8-26-13-25/h4-6,9-12,26,29H,3,7-8,13-14H2,1-2H3,(H,28,32)(H,27,30,31)/t25-/m0/s1. The van der Waals surface area contributed by atoms with Crippen LogP contribution in [0.1, 0.15) is 50.4 Å². The van der Waals surface area contributed by atoms with Crippen molar-refractivity contribution in [2.75, 3.05) is 25.0 Å². The van der Waals surface area contributed by atoms with Gasteiger partial charge in [0, 0.05) is 47.2 Å². The first-order valence-corrected chi connectivity index (χ1v) is 11.0. The summed E-state index contributed by atoms with van der Waals surface area (Å²) >= 11 is 0. The van der Waals surface area contributed by atoms with E-state index in [1.807, 2.05) is 50.2 Å². The van der Waals surface area contributed by atoms with Gasteiger partial charge in [0.15, 0.2) is 0 Å². The Morgan fingerprint density at radius 2 is 1.97 bits per heavy atom. The van der Waals surface area contributed by atoms with Crippen molar-refractivity contribution in [2.45, 2.75) is 32.1 Å². The molecule has 0 unspecified atom stereocenters. The number of rotatable bonds is 3. The van der Waals surface area contributed by atoms with E-state index in [1.54, 1.807) is 6.20 Å². The maximum Gasteiger partial charge on any atom is 0.256 e. The van der Waals surface area contributed by atoms with Gasteiger partial charge in [-0.1, -0.05) is 6.07 Å². The number of aromatic amines is 1. The maximum absolute atomic E-state index is 12.7. The molecule has 2 aromatic heterocycles. The van der Waals surface area contributed by atoms with Crippen LogP contribution in [0.15, 0.2) is 42.6 Å². The summed E-state index contributed by atoms with van der Waals surface area (Å²) in [6.45, 7) is 6.49. The number of carbonyl (C=O) groups excluding carboxylic acids is 2. The molecule has 7 nitrogen and oxygen atoms in total. The van der Waals surface area contributed by atoms with E-state index in [4.69, 9.17) is 0 Å². The van der Waals surface area contributed by atoms with Gasteiger partial charge in [-0.3, -0.25) is 9.59 Å². The summed E-state index contributed by atoms with van der Waals surface area (Å²) in [5, 5.41) is 9.42. The highest BCUT2D eigenvalue weighted by Gasteiger charge is 2.42. The van der Waals surface area contributed by atoms with Crippen LogP contribution < -0.4 is 16.0 Å². The minimum atomic E-state index is -0.199. The third kappa shape index (κ3) is 3.58. The van der Waals surface area contributed by atoms with Crippen LogP contribution in [0.4, 0.5) is 5.82 Å². The summed E-state index contributed by atoms with van der Waals surface area (Å²) in [5.41, 5.74) is 6.13. The molecule has 1 saturated heterocycles. The third-order valence-electron chi connectivity index (χ3n) is 6.73. The van der Waals surface area contributed by atoms with Gasteiger partial charge >= 0.3 is 0 Å². The van der Waals surface area contributed by atoms with Crippen LogP contribution in [-0.2, 0) is 5.41 Å². The number of piperidine rings is 1. The number of anilines is 1. The number of hydrogen-bond donors (Lipinski definition) is 4. The molecular formula is C25H27N5O2. The topological polar surface area (TPSA) is 98.9 Å². The number of aryl methyl sites for hydroxylation is 2. The number of carbonyl (C=O) groups is 2. The lowest BCUT2D eigenvalue weighted by Crippen LogP contribution is -2.54. The van der Waals surface area contributed by atoms with E-state index >= 15 is 0 Å². The van der Waals surface area contributed by atoms with E-state index in [-0.39, 0.29) is 17.2 Å². The van der Waals surface area contributed by atoms with Gasteiger partial charge in [0.05, 0.1) is 5.56 Å². The van der Waals surface area contributed by atoms with E-state index in [9.17, 15) is 9.59 Å². The second-order valence-electron chi connectivity index (χ2n) is 8.90. The normalized spacial score (nSPS) is 20.0. The first kappa shape index (κ1) is 20.5. The Hall–Kier alpha value is -3.45. The van der Waals surface area contributed by atoms with Crippen LogP contribution >= 0.6 is 0 Å². The Labute approximate surface area is 187 Å². The lowest BCUT2D eigenvalue weighted by Gasteiger charge is -2.40. The predicted octanol–water partition coefficient (Wildman–Crippen LogP) is 3.31. The zero-order valence-corrected chi connectivity index (χ0v) is 18.3. The molecule has 0 aliphatic carbocycles. The number of aromatic nitrogens is 2. The van der Waals surface area contributed by atoms with Gasteiger partial charge in [0.1, 0.15) is 5.82 Å². The fraction of sp³-hybridized carbons (Fsp3) is 0.320. The highest BCUT2D eigenvalue weighted by atomic mass is 16.2. The number of pyridine rings is 1. The quantitative estimate of drug-likeness (QED) is 0.513. The number of H-pyrrole nitrogens is 1. The molecule has 1 atom stereocenters. The molecule has 0 bridgehead atoms. The van der Waals surface area contributed by atoms with Gasteiger partial charge in [-0.05, 0) is 74.7 Å². The minimum absolute atomic E-state index is 0.0454. The molecule has 2 amide bonds. The molecular weight excluding hydrogens is 402 g/mol. The SMILES string of the molecule is Cc1ccc(C(=O)Nc2cc(-c3cc4c([nH]3)[C@]3(CCCNC3)CNC4=O)ccn2)cc1C. The number of nitrogens with one attached hydrogen (secondary N) is 4. The second kappa shape index (κ2) is 7.91. The van der Waals surface area contributed by atoms with E-state index < -0.39 is 0 Å². The van der Waals surface area contributed by atoms with Crippen molar-refractivity contribution in [3.05, 3.63) is 70.5 Å². The largest absolute Gasteiger partial charge is 0.357 e. The smallest absolute Gasteiger partial charge is 0.256 e. The first-order chi connectivity index (χ1) is 15.4. The van der Waals surface area contributed by atoms with Crippen LogP contribution in [0, 0.1) is 13.8 Å². The molecule has 164 valence electrons. The van der Waals surface area contributed by atoms with Crippen LogP contribution in [0.2, 0.25) is 0 Å². The fourth-order valence-electron chi connectivity index (χ4n) is 4.71. The Balaban J connectivity index is 1.44. The van der Waals surface area contributed by atoms with E-state index in [0.717, 1.165) is 54.0 Å². The van der Waals surface area contributed by atoms with Gasteiger partial charge in [-0.15, -0.1) is 0 Å². The van der Waals surface area contributed by atoms with E-state index in [1.165, 1.54) is 0 Å². The summed E-state index contributed by atoms with van der Waals surface area (Å²) in [4.78, 5) is 33.1.